The molecule has 19 heavy (non-hydrogen) atoms. The summed E-state index contributed by atoms with van der Waals surface area (Å²) in [5.41, 5.74) is 0.0109. The van der Waals surface area contributed by atoms with Crippen LogP contribution in [0.5, 0.6) is 0 Å². The van der Waals surface area contributed by atoms with E-state index in [0.29, 0.717) is 0 Å². The first-order valence-corrected chi connectivity index (χ1v) is 5.69. The highest BCUT2D eigenvalue weighted by atomic mass is 32.1. The van der Waals surface area contributed by atoms with E-state index in [0.717, 1.165) is 18.4 Å². The van der Waals surface area contributed by atoms with Gasteiger partial charge < -0.3 is 10.1 Å². The van der Waals surface area contributed by atoms with E-state index in [1.807, 2.05) is 0 Å². The molecule has 1 aromatic rings. The van der Waals surface area contributed by atoms with Gasteiger partial charge >= 0.3 is 12.1 Å². The normalized spacial score (nSPS) is 10.9. The molecule has 1 rings (SSSR count). The summed E-state index contributed by atoms with van der Waals surface area (Å²) in [6.45, 7) is 0. The van der Waals surface area contributed by atoms with Crippen LogP contribution in [0.1, 0.15) is 16.1 Å². The summed E-state index contributed by atoms with van der Waals surface area (Å²) in [5.74, 6) is -4.03. The molecule has 1 amide bonds. The SMILES string of the molecule is COC(=O)c1sccc1NC(=O)CC(=O)C(F)(F)F. The number of carbonyl (C=O) groups is 3. The van der Waals surface area contributed by atoms with Gasteiger partial charge in [0.05, 0.1) is 19.2 Å². The number of nitrogens with one attached hydrogen (secondary N) is 1. The van der Waals surface area contributed by atoms with Crippen LogP contribution in [-0.4, -0.2) is 30.9 Å². The van der Waals surface area contributed by atoms with Crippen molar-refractivity contribution in [3.8, 4) is 0 Å². The predicted octanol–water partition coefficient (Wildman–Crippen LogP) is 1.99. The van der Waals surface area contributed by atoms with Crippen molar-refractivity contribution >= 4 is 34.7 Å². The molecule has 0 aliphatic carbocycles. The molecule has 1 N–H and O–H groups in total. The molecule has 0 spiro atoms. The summed E-state index contributed by atoms with van der Waals surface area (Å²) in [6.07, 6.45) is -6.39. The van der Waals surface area contributed by atoms with Crippen LogP contribution in [0.2, 0.25) is 0 Å². The van der Waals surface area contributed by atoms with Crippen molar-refractivity contribution in [3.63, 3.8) is 0 Å². The summed E-state index contributed by atoms with van der Waals surface area (Å²) >= 11 is 0.952. The van der Waals surface area contributed by atoms with Gasteiger partial charge in [-0.2, -0.15) is 13.2 Å². The van der Waals surface area contributed by atoms with Gasteiger partial charge in [0.25, 0.3) is 0 Å². The number of carbonyl (C=O) groups excluding carboxylic acids is 3. The highest BCUT2D eigenvalue weighted by Crippen LogP contribution is 2.24. The molecular weight excluding hydrogens is 287 g/mol. The number of hydrogen-bond acceptors (Lipinski definition) is 5. The van der Waals surface area contributed by atoms with Crippen LogP contribution < -0.4 is 5.32 Å². The number of Topliss-reactive ketones (excluding diaryl/α,β-unsaturated/α-hetero) is 1. The molecule has 0 aromatic carbocycles. The predicted molar refractivity (Wildman–Crippen MR) is 60.0 cm³/mol. The summed E-state index contributed by atoms with van der Waals surface area (Å²) in [4.78, 5) is 33.1. The van der Waals surface area contributed by atoms with Crippen LogP contribution in [0.25, 0.3) is 0 Å². The molecule has 0 saturated heterocycles. The number of ketones is 1. The number of ether oxygens (including phenoxy) is 1. The smallest absolute Gasteiger partial charge is 0.450 e. The molecule has 104 valence electrons. The molecule has 0 aliphatic rings. The Morgan fingerprint density at radius 1 is 1.37 bits per heavy atom. The fraction of sp³-hybridized carbons (Fsp3) is 0.300. The highest BCUT2D eigenvalue weighted by Gasteiger charge is 2.39. The molecule has 0 saturated carbocycles. The third-order valence-electron chi connectivity index (χ3n) is 1.95. The van der Waals surface area contributed by atoms with Crippen molar-refractivity contribution < 1.29 is 32.3 Å². The topological polar surface area (TPSA) is 72.5 Å². The van der Waals surface area contributed by atoms with E-state index in [-0.39, 0.29) is 10.6 Å². The molecule has 0 radical (unpaired) electrons. The van der Waals surface area contributed by atoms with E-state index in [9.17, 15) is 27.6 Å². The molecule has 0 aliphatic heterocycles. The van der Waals surface area contributed by atoms with Gasteiger partial charge in [0.15, 0.2) is 0 Å². The molecule has 1 heterocycles. The van der Waals surface area contributed by atoms with Crippen LogP contribution in [0.3, 0.4) is 0 Å². The van der Waals surface area contributed by atoms with Gasteiger partial charge in [-0.15, -0.1) is 11.3 Å². The average Bonchev–Trinajstić information content (AvgIpc) is 2.74. The maximum Gasteiger partial charge on any atom is 0.450 e. The third-order valence-corrected chi connectivity index (χ3v) is 2.84. The van der Waals surface area contributed by atoms with Crippen molar-refractivity contribution in [1.82, 2.24) is 0 Å². The van der Waals surface area contributed by atoms with Crippen molar-refractivity contribution in [3.05, 3.63) is 16.3 Å². The Morgan fingerprint density at radius 2 is 2.00 bits per heavy atom. The monoisotopic (exact) mass is 295 g/mol. The Labute approximate surface area is 109 Å². The van der Waals surface area contributed by atoms with E-state index < -0.39 is 30.3 Å². The lowest BCUT2D eigenvalue weighted by Crippen LogP contribution is -2.28. The second-order valence-corrected chi connectivity index (χ2v) is 4.22. The quantitative estimate of drug-likeness (QED) is 0.681. The van der Waals surface area contributed by atoms with Gasteiger partial charge in [-0.05, 0) is 11.4 Å². The fourth-order valence-corrected chi connectivity index (χ4v) is 1.86. The number of methoxy groups -OCH3 is 1. The van der Waals surface area contributed by atoms with Gasteiger partial charge in [0, 0.05) is 0 Å². The Bertz CT molecular complexity index is 509. The zero-order valence-electron chi connectivity index (χ0n) is 9.54. The lowest BCUT2D eigenvalue weighted by molar-refractivity contribution is -0.171. The lowest BCUT2D eigenvalue weighted by atomic mass is 10.2. The Balaban J connectivity index is 2.71. The van der Waals surface area contributed by atoms with E-state index in [4.69, 9.17) is 0 Å². The molecule has 0 atom stereocenters. The highest BCUT2D eigenvalue weighted by molar-refractivity contribution is 7.12. The van der Waals surface area contributed by atoms with Crippen LogP contribution in [0.4, 0.5) is 18.9 Å². The Morgan fingerprint density at radius 3 is 2.53 bits per heavy atom. The van der Waals surface area contributed by atoms with E-state index in [2.05, 4.69) is 10.1 Å². The summed E-state index contributed by atoms with van der Waals surface area (Å²) < 4.78 is 40.3. The van der Waals surface area contributed by atoms with Crippen LogP contribution in [0, 0.1) is 0 Å². The minimum absolute atomic E-state index is 0.0109. The number of halogens is 3. The summed E-state index contributed by atoms with van der Waals surface area (Å²) in [5, 5.41) is 3.51. The Hall–Kier alpha value is -1.90. The number of alkyl halides is 3. The van der Waals surface area contributed by atoms with E-state index in [1.165, 1.54) is 11.4 Å². The Kier molecular flexibility index (Phi) is 4.65. The van der Waals surface area contributed by atoms with E-state index >= 15 is 0 Å². The molecule has 0 fully saturated rings. The molecule has 9 heteroatoms. The minimum Gasteiger partial charge on any atom is -0.465 e. The first kappa shape index (κ1) is 15.2. The van der Waals surface area contributed by atoms with Crippen LogP contribution >= 0.6 is 11.3 Å². The van der Waals surface area contributed by atoms with Crippen molar-refractivity contribution in [1.29, 1.82) is 0 Å². The molecule has 0 bridgehead atoms. The van der Waals surface area contributed by atoms with Crippen molar-refractivity contribution in [2.24, 2.45) is 0 Å². The summed E-state index contributed by atoms with van der Waals surface area (Å²) in [7, 11) is 1.13. The van der Waals surface area contributed by atoms with E-state index in [1.54, 1.807) is 0 Å². The second-order valence-electron chi connectivity index (χ2n) is 3.30. The maximum atomic E-state index is 11.9. The van der Waals surface area contributed by atoms with Crippen molar-refractivity contribution in [2.45, 2.75) is 12.6 Å². The molecule has 5 nitrogen and oxygen atoms in total. The molecular formula is C10H8F3NO4S. The molecule has 1 aromatic heterocycles. The standard InChI is InChI=1S/C10H8F3NO4S/c1-18-9(17)8-5(2-3-19-8)14-7(16)4-6(15)10(11,12)13/h2-3H,4H2,1H3,(H,14,16). The maximum absolute atomic E-state index is 11.9. The third kappa shape index (κ3) is 4.05. The number of hydrogen-bond donors (Lipinski definition) is 1. The average molecular weight is 295 g/mol. The lowest BCUT2D eigenvalue weighted by Gasteiger charge is -2.06. The number of rotatable bonds is 4. The largest absolute Gasteiger partial charge is 0.465 e. The number of esters is 1. The summed E-state index contributed by atoms with van der Waals surface area (Å²) in [6, 6.07) is 1.33. The first-order valence-electron chi connectivity index (χ1n) is 4.81. The number of amides is 1. The van der Waals surface area contributed by atoms with Gasteiger partial charge in [0.1, 0.15) is 4.88 Å². The van der Waals surface area contributed by atoms with Gasteiger partial charge in [-0.1, -0.05) is 0 Å². The molecule has 0 unspecified atom stereocenters. The van der Waals surface area contributed by atoms with Gasteiger partial charge in [-0.25, -0.2) is 4.79 Å². The zero-order valence-corrected chi connectivity index (χ0v) is 10.4. The zero-order chi connectivity index (χ0) is 14.6. The number of anilines is 1. The van der Waals surface area contributed by atoms with Gasteiger partial charge in [0.2, 0.25) is 11.7 Å². The van der Waals surface area contributed by atoms with Crippen molar-refractivity contribution in [2.75, 3.05) is 12.4 Å². The number of thiophene rings is 1. The first-order chi connectivity index (χ1) is 8.75. The second kappa shape index (κ2) is 5.83. The minimum atomic E-state index is -5.06. The fourth-order valence-electron chi connectivity index (χ4n) is 1.10. The van der Waals surface area contributed by atoms with Crippen LogP contribution in [0.15, 0.2) is 11.4 Å². The van der Waals surface area contributed by atoms with Crippen LogP contribution in [-0.2, 0) is 14.3 Å². The van der Waals surface area contributed by atoms with Gasteiger partial charge in [-0.3, -0.25) is 9.59 Å².